The van der Waals surface area contributed by atoms with E-state index in [0.717, 1.165) is 96.3 Å². The molecule has 0 spiro atoms. The quantitative estimate of drug-likeness (QED) is 0.0204. The van der Waals surface area contributed by atoms with E-state index in [2.05, 4.69) is 116 Å². The largest absolute Gasteiger partial charge is 0.394 e. The number of carbonyl (C=O) groups is 1. The minimum atomic E-state index is -1.79. The third-order valence-electron chi connectivity index (χ3n) is 18.2. The van der Waals surface area contributed by atoms with Gasteiger partial charge in [0, 0.05) is 6.42 Å². The number of amides is 1. The summed E-state index contributed by atoms with van der Waals surface area (Å²) in [5.41, 5.74) is 0. The average Bonchev–Trinajstić information content (AvgIpc) is 0.927. The highest BCUT2D eigenvalue weighted by Crippen LogP contribution is 2.30. The fourth-order valence-electron chi connectivity index (χ4n) is 12.1. The second-order valence-corrected chi connectivity index (χ2v) is 26.8. The van der Waals surface area contributed by atoms with E-state index in [4.69, 9.17) is 18.9 Å². The molecule has 0 aromatic rings. The van der Waals surface area contributed by atoms with Crippen LogP contribution in [0.15, 0.2) is 109 Å². The number of hydrogen-bond donors (Lipinski definition) is 9. The van der Waals surface area contributed by atoms with Gasteiger partial charge in [-0.2, -0.15) is 0 Å². The number of unbranched alkanes of at least 4 members (excludes halogenated alkanes) is 34. The summed E-state index contributed by atoms with van der Waals surface area (Å²) in [5.74, 6) is -0.242. The highest BCUT2D eigenvalue weighted by Gasteiger charge is 2.51. The van der Waals surface area contributed by atoms with Crippen molar-refractivity contribution in [2.24, 2.45) is 0 Å². The summed E-state index contributed by atoms with van der Waals surface area (Å²) >= 11 is 0. The molecule has 14 heteroatoms. The summed E-state index contributed by atoms with van der Waals surface area (Å²) in [6, 6.07) is -0.924. The number of aliphatic hydroxyl groups is 8. The number of hydrogen-bond acceptors (Lipinski definition) is 13. The number of aliphatic hydroxyl groups excluding tert-OH is 8. The molecule has 2 aliphatic heterocycles. The van der Waals surface area contributed by atoms with Crippen LogP contribution >= 0.6 is 0 Å². The topological polar surface area (TPSA) is 228 Å². The Kier molecular flexibility index (Phi) is 59.2. The van der Waals surface area contributed by atoms with Gasteiger partial charge < -0.3 is 65.1 Å². The number of ether oxygens (including phenoxy) is 4. The first-order valence-electron chi connectivity index (χ1n) is 38.6. The molecule has 12 atom stereocenters. The van der Waals surface area contributed by atoms with E-state index in [1.54, 1.807) is 6.08 Å². The molecule has 0 aromatic carbocycles. The Morgan fingerprint density at radius 2 is 0.726 bits per heavy atom. The zero-order chi connectivity index (χ0) is 68.7. The zero-order valence-corrected chi connectivity index (χ0v) is 59.9. The van der Waals surface area contributed by atoms with Crippen LogP contribution in [-0.4, -0.2) is 140 Å². The van der Waals surface area contributed by atoms with Crippen LogP contribution in [-0.2, 0) is 23.7 Å². The summed E-state index contributed by atoms with van der Waals surface area (Å²) < 4.78 is 22.9. The molecule has 2 rings (SSSR count). The van der Waals surface area contributed by atoms with Gasteiger partial charge in [0.25, 0.3) is 0 Å². The lowest BCUT2D eigenvalue weighted by molar-refractivity contribution is -0.359. The maximum absolute atomic E-state index is 13.4. The Morgan fingerprint density at radius 3 is 1.12 bits per heavy atom. The van der Waals surface area contributed by atoms with Gasteiger partial charge in [-0.15, -0.1) is 0 Å². The molecule has 14 nitrogen and oxygen atoms in total. The van der Waals surface area contributed by atoms with Crippen LogP contribution < -0.4 is 5.32 Å². The van der Waals surface area contributed by atoms with Crippen LogP contribution in [0.2, 0.25) is 0 Å². The van der Waals surface area contributed by atoms with E-state index in [1.807, 2.05) is 6.08 Å². The molecule has 0 radical (unpaired) electrons. The SMILES string of the molecule is CC/C=C\C/C=C\C/C=C\C/C=C\C/C=C\C/C=C\C/C=C\C/C=C\CCCCCCCCCCCCCCC(=O)NC(COC1OC(CO)C(OC2OC(CO)C(O)C(O)C2O)C(O)C1O)C(O)/C=C/CCCCCCCCCCCCCCCCCCCCCCCC. The maximum atomic E-state index is 13.4. The number of nitrogens with one attached hydrogen (secondary N) is 1. The molecule has 0 bridgehead atoms. The third-order valence-corrected chi connectivity index (χ3v) is 18.2. The van der Waals surface area contributed by atoms with Gasteiger partial charge in [-0.3, -0.25) is 4.79 Å². The first-order chi connectivity index (χ1) is 46.6. The highest BCUT2D eigenvalue weighted by atomic mass is 16.7. The van der Waals surface area contributed by atoms with Crippen LogP contribution in [0.5, 0.6) is 0 Å². The Labute approximate surface area is 578 Å². The van der Waals surface area contributed by atoms with Crippen LogP contribution in [0.4, 0.5) is 0 Å². The van der Waals surface area contributed by atoms with Crippen molar-refractivity contribution in [1.82, 2.24) is 5.32 Å². The zero-order valence-electron chi connectivity index (χ0n) is 59.9. The molecule has 2 fully saturated rings. The fraction of sp³-hybridized carbons (Fsp3) is 0.765. The van der Waals surface area contributed by atoms with Gasteiger partial charge in [0.2, 0.25) is 5.91 Å². The minimum Gasteiger partial charge on any atom is -0.394 e. The molecule has 95 heavy (non-hydrogen) atoms. The molecule has 0 aliphatic carbocycles. The average molecular weight is 1340 g/mol. The first kappa shape index (κ1) is 87.7. The van der Waals surface area contributed by atoms with Gasteiger partial charge in [0.1, 0.15) is 48.8 Å². The number of allylic oxidation sites excluding steroid dienone is 17. The monoisotopic (exact) mass is 1340 g/mol. The lowest BCUT2D eigenvalue weighted by Crippen LogP contribution is -2.65. The smallest absolute Gasteiger partial charge is 0.220 e. The van der Waals surface area contributed by atoms with Crippen LogP contribution in [0, 0.1) is 0 Å². The van der Waals surface area contributed by atoms with Crippen LogP contribution in [0.1, 0.15) is 303 Å². The van der Waals surface area contributed by atoms with E-state index < -0.39 is 86.8 Å². The molecular formula is C81H141NO13. The molecule has 0 saturated carbocycles. The van der Waals surface area contributed by atoms with Gasteiger partial charge in [-0.25, -0.2) is 0 Å². The second-order valence-electron chi connectivity index (χ2n) is 26.8. The molecule has 548 valence electrons. The van der Waals surface area contributed by atoms with E-state index >= 15 is 0 Å². The van der Waals surface area contributed by atoms with Gasteiger partial charge in [0.05, 0.1) is 32.0 Å². The summed E-state index contributed by atoms with van der Waals surface area (Å²) in [4.78, 5) is 13.4. The van der Waals surface area contributed by atoms with Crippen molar-refractivity contribution < 1.29 is 64.6 Å². The third kappa shape index (κ3) is 47.4. The number of rotatable bonds is 63. The molecular weight excluding hydrogens is 1190 g/mol. The summed E-state index contributed by atoms with van der Waals surface area (Å²) in [6.45, 7) is 2.71. The molecule has 1 amide bonds. The van der Waals surface area contributed by atoms with E-state index in [9.17, 15) is 45.6 Å². The van der Waals surface area contributed by atoms with Crippen molar-refractivity contribution in [3.05, 3.63) is 109 Å². The van der Waals surface area contributed by atoms with Crippen molar-refractivity contribution in [1.29, 1.82) is 0 Å². The molecule has 2 heterocycles. The Hall–Kier alpha value is -3.35. The van der Waals surface area contributed by atoms with Crippen molar-refractivity contribution in [3.63, 3.8) is 0 Å². The first-order valence-corrected chi connectivity index (χ1v) is 38.6. The summed E-state index contributed by atoms with van der Waals surface area (Å²) in [6.07, 6.45) is 75.7. The summed E-state index contributed by atoms with van der Waals surface area (Å²) in [5, 5.41) is 87.6. The molecule has 12 unspecified atom stereocenters. The van der Waals surface area contributed by atoms with E-state index in [-0.39, 0.29) is 18.9 Å². The molecule has 9 N–H and O–H groups in total. The van der Waals surface area contributed by atoms with Crippen LogP contribution in [0.3, 0.4) is 0 Å². The van der Waals surface area contributed by atoms with E-state index in [1.165, 1.54) is 180 Å². The Balaban J connectivity index is 1.64. The predicted octanol–water partition coefficient (Wildman–Crippen LogP) is 17.1. The molecule has 2 saturated heterocycles. The number of carbonyl (C=O) groups excluding carboxylic acids is 1. The van der Waals surface area contributed by atoms with Crippen molar-refractivity contribution in [2.45, 2.75) is 376 Å². The minimum absolute atomic E-state index is 0.242. The van der Waals surface area contributed by atoms with Crippen LogP contribution in [0.25, 0.3) is 0 Å². The molecule has 0 aromatic heterocycles. The standard InChI is InChI=1S/C81H141NO13/c1-3-5-7-9-11-13-15-17-19-21-23-25-27-29-30-31-32-33-34-35-36-37-38-39-40-41-43-45-47-49-51-53-55-57-59-61-63-65-73(86)82-69(68-92-80-78(91)76(89)79(72(67-84)94-80)95-81-77(90)75(88)74(87)71(66-83)93-81)70(85)64-62-60-58-56-54-52-50-48-46-44-42-28-26-24-22-20-18-16-14-12-10-8-6-4-2/h5,7,11,13,17,19,23,25,29-30,32-33,35-36,38-39,62,64,69-72,74-81,83-85,87-91H,3-4,6,8-10,12,14-16,18,20-22,24,26-28,31,34,37,40-61,63,65-68H2,1-2H3,(H,82,86)/b7-5-,13-11-,19-17-,25-23-,30-29-,33-32-,36-35-,39-38-,64-62+. The second kappa shape index (κ2) is 64.1. The lowest BCUT2D eigenvalue weighted by atomic mass is 9.97. The van der Waals surface area contributed by atoms with Crippen molar-refractivity contribution >= 4 is 5.91 Å². The van der Waals surface area contributed by atoms with E-state index in [0.29, 0.717) is 6.42 Å². The van der Waals surface area contributed by atoms with Crippen molar-refractivity contribution in [3.8, 4) is 0 Å². The Bertz CT molecular complexity index is 2010. The molecule has 2 aliphatic rings. The van der Waals surface area contributed by atoms with Gasteiger partial charge >= 0.3 is 0 Å². The lowest BCUT2D eigenvalue weighted by Gasteiger charge is -2.46. The maximum Gasteiger partial charge on any atom is 0.220 e. The Morgan fingerprint density at radius 1 is 0.389 bits per heavy atom. The van der Waals surface area contributed by atoms with Gasteiger partial charge in [-0.05, 0) is 83.5 Å². The van der Waals surface area contributed by atoms with Gasteiger partial charge in [-0.1, -0.05) is 322 Å². The highest BCUT2D eigenvalue weighted by molar-refractivity contribution is 5.76. The normalized spacial score (nSPS) is 23.0. The van der Waals surface area contributed by atoms with Crippen molar-refractivity contribution in [2.75, 3.05) is 19.8 Å². The van der Waals surface area contributed by atoms with Gasteiger partial charge in [0.15, 0.2) is 12.6 Å². The predicted molar refractivity (Wildman–Crippen MR) is 392 cm³/mol. The summed E-state index contributed by atoms with van der Waals surface area (Å²) in [7, 11) is 0. The fourth-order valence-corrected chi connectivity index (χ4v) is 12.1.